The summed E-state index contributed by atoms with van der Waals surface area (Å²) in [6.07, 6.45) is 0.0406. The molecule has 152 valence electrons. The van der Waals surface area contributed by atoms with E-state index in [-0.39, 0.29) is 23.8 Å². The van der Waals surface area contributed by atoms with Crippen molar-refractivity contribution in [3.63, 3.8) is 0 Å². The second-order valence-electron chi connectivity index (χ2n) is 9.37. The minimum absolute atomic E-state index is 0.123. The van der Waals surface area contributed by atoms with Crippen molar-refractivity contribution in [2.45, 2.75) is 80.1 Å². The van der Waals surface area contributed by atoms with E-state index in [1.165, 1.54) is 0 Å². The van der Waals surface area contributed by atoms with Crippen molar-refractivity contribution in [2.24, 2.45) is 17.3 Å². The van der Waals surface area contributed by atoms with Crippen molar-refractivity contribution in [1.82, 2.24) is 0 Å². The number of carbonyl (C=O) groups excluding carboxylic acids is 2. The molecule has 0 amide bonds. The molecule has 1 rings (SSSR count). The van der Waals surface area contributed by atoms with E-state index in [2.05, 4.69) is 0 Å². The van der Waals surface area contributed by atoms with Crippen molar-refractivity contribution in [2.75, 3.05) is 0 Å². The van der Waals surface area contributed by atoms with Crippen LogP contribution < -0.4 is 0 Å². The van der Waals surface area contributed by atoms with Crippen LogP contribution in [0.3, 0.4) is 0 Å². The fourth-order valence-electron chi connectivity index (χ4n) is 2.76. The molecule has 1 aromatic rings. The Hall–Kier alpha value is -1.68. The number of ketones is 1. The van der Waals surface area contributed by atoms with Crippen LogP contribution in [0.15, 0.2) is 30.3 Å². The van der Waals surface area contributed by atoms with Crippen LogP contribution in [0.1, 0.15) is 67.4 Å². The normalized spacial score (nSPS) is 15.7. The molecule has 0 aliphatic rings. The number of ether oxygens (including phenoxy) is 2. The van der Waals surface area contributed by atoms with E-state index in [9.17, 15) is 9.59 Å². The summed E-state index contributed by atoms with van der Waals surface area (Å²) in [7, 11) is 0. The van der Waals surface area contributed by atoms with Crippen LogP contribution >= 0.6 is 0 Å². The maximum Gasteiger partial charge on any atom is 0.309 e. The lowest BCUT2D eigenvalue weighted by molar-refractivity contribution is -0.164. The van der Waals surface area contributed by atoms with Crippen molar-refractivity contribution in [3.05, 3.63) is 35.9 Å². The smallest absolute Gasteiger partial charge is 0.309 e. The Kier molecular flexibility index (Phi) is 8.22. The Morgan fingerprint density at radius 3 is 2.00 bits per heavy atom. The molecule has 1 aromatic carbocycles. The van der Waals surface area contributed by atoms with Gasteiger partial charge in [-0.1, -0.05) is 58.0 Å². The van der Waals surface area contributed by atoms with Crippen LogP contribution in [-0.2, 0) is 25.7 Å². The van der Waals surface area contributed by atoms with Gasteiger partial charge in [0.05, 0.1) is 18.6 Å². The first kappa shape index (κ1) is 23.4. The first-order chi connectivity index (χ1) is 12.3. The number of carbonyl (C=O) groups is 2. The maximum atomic E-state index is 12.7. The molecule has 0 unspecified atom stereocenters. The number of Topliss-reactive ketones (excluding diaryl/α,β-unsaturated/α-hetero) is 1. The van der Waals surface area contributed by atoms with Crippen LogP contribution in [0.2, 0.25) is 0 Å². The molecule has 4 nitrogen and oxygen atoms in total. The predicted molar refractivity (Wildman–Crippen MR) is 108 cm³/mol. The fraction of sp³-hybridized carbons (Fsp3) is 0.652. The summed E-state index contributed by atoms with van der Waals surface area (Å²) in [5.41, 5.74) is 0.0542. The minimum atomic E-state index is -0.557. The molecule has 27 heavy (non-hydrogen) atoms. The van der Waals surface area contributed by atoms with Crippen molar-refractivity contribution < 1.29 is 19.1 Å². The molecule has 0 fully saturated rings. The average Bonchev–Trinajstić information content (AvgIpc) is 2.55. The van der Waals surface area contributed by atoms with E-state index in [1.807, 2.05) is 85.7 Å². The van der Waals surface area contributed by atoms with Gasteiger partial charge in [-0.25, -0.2) is 0 Å². The average molecular weight is 377 g/mol. The zero-order valence-electron chi connectivity index (χ0n) is 18.2. The molecule has 4 heteroatoms. The van der Waals surface area contributed by atoms with Crippen LogP contribution in [0.4, 0.5) is 0 Å². The van der Waals surface area contributed by atoms with Crippen molar-refractivity contribution in [3.8, 4) is 0 Å². The van der Waals surface area contributed by atoms with E-state index in [0.29, 0.717) is 13.0 Å². The molecule has 3 atom stereocenters. The predicted octanol–water partition coefficient (Wildman–Crippen LogP) is 5.19. The van der Waals surface area contributed by atoms with E-state index in [1.54, 1.807) is 0 Å². The van der Waals surface area contributed by atoms with E-state index < -0.39 is 16.9 Å². The second kappa shape index (κ2) is 9.50. The Morgan fingerprint density at radius 1 is 0.963 bits per heavy atom. The standard InChI is InChI=1S/C23H36O4/c1-16(21(25)27-23(6,7)8)19(14-20(24)22(3,4)5)17(2)26-15-18-12-10-9-11-13-18/h9-13,16-17,19H,14-15H2,1-8H3/t16-,17-,19+/m0/s1. The molecule has 0 radical (unpaired) electrons. The van der Waals surface area contributed by atoms with Crippen molar-refractivity contribution >= 4 is 11.8 Å². The third-order valence-electron chi connectivity index (χ3n) is 4.64. The van der Waals surface area contributed by atoms with E-state index >= 15 is 0 Å². The summed E-state index contributed by atoms with van der Waals surface area (Å²) in [5, 5.41) is 0. The molecule has 0 N–H and O–H groups in total. The fourth-order valence-corrected chi connectivity index (χ4v) is 2.76. The van der Waals surface area contributed by atoms with Gasteiger partial charge in [0.15, 0.2) is 0 Å². The largest absolute Gasteiger partial charge is 0.460 e. The first-order valence-electron chi connectivity index (χ1n) is 9.73. The number of hydrogen-bond acceptors (Lipinski definition) is 4. The molecule has 0 heterocycles. The summed E-state index contributed by atoms with van der Waals surface area (Å²) < 4.78 is 11.6. The lowest BCUT2D eigenvalue weighted by Gasteiger charge is -2.32. The van der Waals surface area contributed by atoms with Crippen LogP contribution in [0.5, 0.6) is 0 Å². The van der Waals surface area contributed by atoms with Gasteiger partial charge in [-0.2, -0.15) is 0 Å². The SMILES string of the molecule is C[C@H](OCc1ccccc1)[C@H](CC(=O)C(C)(C)C)[C@H](C)C(=O)OC(C)(C)C. The third kappa shape index (κ3) is 8.25. The summed E-state index contributed by atoms with van der Waals surface area (Å²) in [6, 6.07) is 9.89. The lowest BCUT2D eigenvalue weighted by Crippen LogP contribution is -2.38. The van der Waals surface area contributed by atoms with Gasteiger partial charge in [-0.3, -0.25) is 9.59 Å². The number of esters is 1. The van der Waals surface area contributed by atoms with Crippen molar-refractivity contribution in [1.29, 1.82) is 0 Å². The Balaban J connectivity index is 2.91. The molecule has 0 aliphatic heterocycles. The maximum absolute atomic E-state index is 12.7. The Labute approximate surface area is 164 Å². The highest BCUT2D eigenvalue weighted by Crippen LogP contribution is 2.30. The van der Waals surface area contributed by atoms with Crippen LogP contribution in [0.25, 0.3) is 0 Å². The van der Waals surface area contributed by atoms with Crippen LogP contribution in [-0.4, -0.2) is 23.5 Å². The first-order valence-corrected chi connectivity index (χ1v) is 9.73. The van der Waals surface area contributed by atoms with Crippen LogP contribution in [0, 0.1) is 17.3 Å². The molecule has 0 saturated carbocycles. The number of benzene rings is 1. The number of hydrogen-bond donors (Lipinski definition) is 0. The van der Waals surface area contributed by atoms with Gasteiger partial charge in [0.25, 0.3) is 0 Å². The van der Waals surface area contributed by atoms with Gasteiger partial charge < -0.3 is 9.47 Å². The molecule has 0 saturated heterocycles. The highest BCUT2D eigenvalue weighted by atomic mass is 16.6. The summed E-state index contributed by atoms with van der Waals surface area (Å²) >= 11 is 0. The Morgan fingerprint density at radius 2 is 1.52 bits per heavy atom. The Bertz CT molecular complexity index is 608. The van der Waals surface area contributed by atoms with Gasteiger partial charge in [0, 0.05) is 17.8 Å². The van der Waals surface area contributed by atoms with Gasteiger partial charge in [0.1, 0.15) is 11.4 Å². The zero-order valence-corrected chi connectivity index (χ0v) is 18.2. The second-order valence-corrected chi connectivity index (χ2v) is 9.37. The topological polar surface area (TPSA) is 52.6 Å². The summed E-state index contributed by atoms with van der Waals surface area (Å²) in [6.45, 7) is 15.5. The monoisotopic (exact) mass is 376 g/mol. The van der Waals surface area contributed by atoms with Gasteiger partial charge in [-0.05, 0) is 33.3 Å². The zero-order chi connectivity index (χ0) is 20.8. The number of rotatable bonds is 8. The van der Waals surface area contributed by atoms with Gasteiger partial charge >= 0.3 is 5.97 Å². The van der Waals surface area contributed by atoms with Gasteiger partial charge in [0.2, 0.25) is 0 Å². The molecule has 0 bridgehead atoms. The van der Waals surface area contributed by atoms with Gasteiger partial charge in [-0.15, -0.1) is 0 Å². The molecule has 0 spiro atoms. The third-order valence-corrected chi connectivity index (χ3v) is 4.64. The molecule has 0 aliphatic carbocycles. The highest BCUT2D eigenvalue weighted by Gasteiger charge is 2.36. The molecular formula is C23H36O4. The minimum Gasteiger partial charge on any atom is -0.460 e. The summed E-state index contributed by atoms with van der Waals surface area (Å²) in [4.78, 5) is 25.3. The highest BCUT2D eigenvalue weighted by molar-refractivity contribution is 5.84. The van der Waals surface area contributed by atoms with E-state index in [4.69, 9.17) is 9.47 Å². The quantitative estimate of drug-likeness (QED) is 0.586. The lowest BCUT2D eigenvalue weighted by atomic mass is 9.79. The summed E-state index contributed by atoms with van der Waals surface area (Å²) in [5.74, 6) is -0.834. The van der Waals surface area contributed by atoms with E-state index in [0.717, 1.165) is 5.56 Å². The molecule has 0 aromatic heterocycles. The molecular weight excluding hydrogens is 340 g/mol.